The van der Waals surface area contributed by atoms with Crippen molar-refractivity contribution in [1.29, 1.82) is 0 Å². The fourth-order valence-electron chi connectivity index (χ4n) is 2.27. The lowest BCUT2D eigenvalue weighted by Crippen LogP contribution is -2.51. The average Bonchev–Trinajstić information content (AvgIpc) is 2.42. The summed E-state index contributed by atoms with van der Waals surface area (Å²) in [7, 11) is 0. The highest BCUT2D eigenvalue weighted by molar-refractivity contribution is 5.77. The smallest absolute Gasteiger partial charge is 0.258 e. The topological polar surface area (TPSA) is 78.8 Å². The van der Waals surface area contributed by atoms with Crippen molar-refractivity contribution in [3.8, 4) is 5.75 Å². The van der Waals surface area contributed by atoms with Crippen molar-refractivity contribution < 1.29 is 24.1 Å². The number of hydrogen-bond acceptors (Lipinski definition) is 4. The molecule has 1 aromatic carbocycles. The molecule has 2 rings (SSSR count). The van der Waals surface area contributed by atoms with E-state index >= 15 is 0 Å². The molecule has 1 saturated carbocycles. The zero-order valence-corrected chi connectivity index (χ0v) is 11.0. The van der Waals surface area contributed by atoms with E-state index in [0.717, 1.165) is 6.42 Å². The molecular formula is C14H18FNO4. The number of carbonyl (C=O) groups is 1. The first kappa shape index (κ1) is 14.7. The van der Waals surface area contributed by atoms with E-state index in [9.17, 15) is 19.4 Å². The fraction of sp³-hybridized carbons (Fsp3) is 0.500. The van der Waals surface area contributed by atoms with Crippen LogP contribution in [0.2, 0.25) is 0 Å². The Morgan fingerprint density at radius 1 is 1.40 bits per heavy atom. The van der Waals surface area contributed by atoms with Crippen LogP contribution >= 0.6 is 0 Å². The van der Waals surface area contributed by atoms with Gasteiger partial charge in [-0.25, -0.2) is 4.39 Å². The van der Waals surface area contributed by atoms with E-state index < -0.39 is 30.0 Å². The van der Waals surface area contributed by atoms with Gasteiger partial charge in [-0.2, -0.15) is 0 Å². The Hall–Kier alpha value is -1.66. The second-order valence-corrected chi connectivity index (χ2v) is 4.91. The lowest BCUT2D eigenvalue weighted by atomic mass is 9.90. The molecule has 0 bridgehead atoms. The van der Waals surface area contributed by atoms with Crippen molar-refractivity contribution in [2.24, 2.45) is 0 Å². The van der Waals surface area contributed by atoms with Crippen LogP contribution in [-0.2, 0) is 4.79 Å². The Labute approximate surface area is 116 Å². The van der Waals surface area contributed by atoms with Crippen molar-refractivity contribution in [3.05, 3.63) is 30.1 Å². The van der Waals surface area contributed by atoms with Gasteiger partial charge in [0.2, 0.25) is 0 Å². The monoisotopic (exact) mass is 283 g/mol. The molecule has 0 unspecified atom stereocenters. The number of aliphatic hydroxyl groups excluding tert-OH is 2. The molecular weight excluding hydrogens is 265 g/mol. The average molecular weight is 283 g/mol. The number of amides is 1. The Kier molecular flexibility index (Phi) is 4.92. The molecule has 110 valence electrons. The maximum atomic E-state index is 12.9. The van der Waals surface area contributed by atoms with Crippen LogP contribution in [0, 0.1) is 5.82 Å². The third kappa shape index (κ3) is 3.91. The molecule has 20 heavy (non-hydrogen) atoms. The van der Waals surface area contributed by atoms with Crippen LogP contribution in [0.5, 0.6) is 5.75 Å². The number of nitrogens with one attached hydrogen (secondary N) is 1. The predicted molar refractivity (Wildman–Crippen MR) is 69.7 cm³/mol. The normalized spacial score (nSPS) is 26.1. The van der Waals surface area contributed by atoms with Crippen LogP contribution in [0.3, 0.4) is 0 Å². The second-order valence-electron chi connectivity index (χ2n) is 4.91. The summed E-state index contributed by atoms with van der Waals surface area (Å²) >= 11 is 0. The van der Waals surface area contributed by atoms with Gasteiger partial charge >= 0.3 is 0 Å². The minimum absolute atomic E-state index is 0.261. The molecule has 1 aromatic rings. The first-order chi connectivity index (χ1) is 9.56. The SMILES string of the molecule is O=C(COc1cccc(F)c1)N[C@@H]1CCC[C@@H](O)[C@@H]1O. The van der Waals surface area contributed by atoms with Crippen molar-refractivity contribution >= 4 is 5.91 Å². The van der Waals surface area contributed by atoms with Gasteiger partial charge in [0.1, 0.15) is 11.6 Å². The largest absolute Gasteiger partial charge is 0.484 e. The molecule has 3 N–H and O–H groups in total. The zero-order chi connectivity index (χ0) is 14.5. The third-order valence-corrected chi connectivity index (χ3v) is 3.33. The predicted octanol–water partition coefficient (Wildman–Crippen LogP) is 0.595. The Morgan fingerprint density at radius 3 is 2.95 bits per heavy atom. The van der Waals surface area contributed by atoms with Gasteiger partial charge in [0.05, 0.1) is 18.2 Å². The number of ether oxygens (including phenoxy) is 1. The molecule has 1 aliphatic rings. The van der Waals surface area contributed by atoms with Crippen LogP contribution in [0.15, 0.2) is 24.3 Å². The van der Waals surface area contributed by atoms with Gasteiger partial charge in [0.15, 0.2) is 6.61 Å². The standard InChI is InChI=1S/C14H18FNO4/c15-9-3-1-4-10(7-9)20-8-13(18)16-11-5-2-6-12(17)14(11)19/h1,3-4,7,11-12,14,17,19H,2,5-6,8H2,(H,16,18)/t11-,12-,14-/m1/s1. The molecule has 0 heterocycles. The highest BCUT2D eigenvalue weighted by Gasteiger charge is 2.31. The maximum absolute atomic E-state index is 12.9. The Bertz CT molecular complexity index is 468. The van der Waals surface area contributed by atoms with Crippen LogP contribution in [0.25, 0.3) is 0 Å². The lowest BCUT2D eigenvalue weighted by molar-refractivity contribution is -0.126. The highest BCUT2D eigenvalue weighted by Crippen LogP contribution is 2.19. The molecule has 0 spiro atoms. The van der Waals surface area contributed by atoms with Gasteiger partial charge in [-0.3, -0.25) is 4.79 Å². The number of hydrogen-bond donors (Lipinski definition) is 3. The van der Waals surface area contributed by atoms with E-state index in [1.54, 1.807) is 6.07 Å². The molecule has 1 amide bonds. The lowest BCUT2D eigenvalue weighted by Gasteiger charge is -2.32. The summed E-state index contributed by atoms with van der Waals surface area (Å²) in [5.74, 6) is -0.578. The van der Waals surface area contributed by atoms with E-state index in [1.807, 2.05) is 0 Å². The summed E-state index contributed by atoms with van der Waals surface area (Å²) < 4.78 is 18.1. The van der Waals surface area contributed by atoms with Crippen LogP contribution in [-0.4, -0.2) is 41.0 Å². The molecule has 0 aliphatic heterocycles. The number of carbonyl (C=O) groups excluding carboxylic acids is 1. The van der Waals surface area contributed by atoms with Crippen LogP contribution < -0.4 is 10.1 Å². The Balaban J connectivity index is 1.80. The van der Waals surface area contributed by atoms with E-state index in [4.69, 9.17) is 4.74 Å². The maximum Gasteiger partial charge on any atom is 0.258 e. The number of halogens is 1. The second kappa shape index (κ2) is 6.67. The number of aliphatic hydroxyl groups is 2. The van der Waals surface area contributed by atoms with E-state index in [-0.39, 0.29) is 12.4 Å². The quantitative estimate of drug-likeness (QED) is 0.756. The van der Waals surface area contributed by atoms with Crippen LogP contribution in [0.4, 0.5) is 4.39 Å². The van der Waals surface area contributed by atoms with Gasteiger partial charge in [-0.1, -0.05) is 6.07 Å². The highest BCUT2D eigenvalue weighted by atomic mass is 19.1. The molecule has 6 heteroatoms. The molecule has 1 aliphatic carbocycles. The minimum Gasteiger partial charge on any atom is -0.484 e. The van der Waals surface area contributed by atoms with Gasteiger partial charge in [-0.15, -0.1) is 0 Å². The number of benzene rings is 1. The number of rotatable bonds is 4. The molecule has 5 nitrogen and oxygen atoms in total. The molecule has 0 aromatic heterocycles. The van der Waals surface area contributed by atoms with Crippen molar-refractivity contribution in [2.45, 2.75) is 37.5 Å². The van der Waals surface area contributed by atoms with Crippen molar-refractivity contribution in [1.82, 2.24) is 5.32 Å². The third-order valence-electron chi connectivity index (χ3n) is 3.33. The molecule has 1 fully saturated rings. The van der Waals surface area contributed by atoms with E-state index in [2.05, 4.69) is 5.32 Å². The molecule has 3 atom stereocenters. The fourth-order valence-corrected chi connectivity index (χ4v) is 2.27. The zero-order valence-electron chi connectivity index (χ0n) is 11.0. The van der Waals surface area contributed by atoms with E-state index in [0.29, 0.717) is 12.8 Å². The summed E-state index contributed by atoms with van der Waals surface area (Å²) in [6.45, 7) is -0.261. The summed E-state index contributed by atoms with van der Waals surface area (Å²) in [6, 6.07) is 5.04. The van der Waals surface area contributed by atoms with Gasteiger partial charge in [0.25, 0.3) is 5.91 Å². The van der Waals surface area contributed by atoms with Crippen molar-refractivity contribution in [3.63, 3.8) is 0 Å². The summed E-state index contributed by atoms with van der Waals surface area (Å²) in [5.41, 5.74) is 0. The summed E-state index contributed by atoms with van der Waals surface area (Å²) in [6.07, 6.45) is 0.130. The van der Waals surface area contributed by atoms with Gasteiger partial charge in [0, 0.05) is 6.07 Å². The molecule has 0 saturated heterocycles. The van der Waals surface area contributed by atoms with Gasteiger partial charge in [-0.05, 0) is 31.4 Å². The van der Waals surface area contributed by atoms with Crippen LogP contribution in [0.1, 0.15) is 19.3 Å². The summed E-state index contributed by atoms with van der Waals surface area (Å²) in [5, 5.41) is 21.9. The Morgan fingerprint density at radius 2 is 2.20 bits per heavy atom. The van der Waals surface area contributed by atoms with Gasteiger partial charge < -0.3 is 20.3 Å². The first-order valence-electron chi connectivity index (χ1n) is 6.60. The van der Waals surface area contributed by atoms with Crippen molar-refractivity contribution in [2.75, 3.05) is 6.61 Å². The summed E-state index contributed by atoms with van der Waals surface area (Å²) in [4.78, 5) is 11.7. The first-order valence-corrected chi connectivity index (χ1v) is 6.60. The molecule has 0 radical (unpaired) electrons. The van der Waals surface area contributed by atoms with E-state index in [1.165, 1.54) is 18.2 Å². The minimum atomic E-state index is -0.957.